The van der Waals surface area contributed by atoms with Crippen molar-refractivity contribution >= 4 is 39.1 Å². The van der Waals surface area contributed by atoms with Gasteiger partial charge >= 0.3 is 17.8 Å². The highest BCUT2D eigenvalue weighted by Crippen LogP contribution is 2.36. The summed E-state index contributed by atoms with van der Waals surface area (Å²) in [6.45, 7) is 3.75. The highest BCUT2D eigenvalue weighted by Gasteiger charge is 2.33. The van der Waals surface area contributed by atoms with E-state index in [1.54, 1.807) is 5.38 Å². The summed E-state index contributed by atoms with van der Waals surface area (Å²) in [5.74, 6) is -1.49. The first-order valence-corrected chi connectivity index (χ1v) is 11.7. The molecule has 0 unspecified atom stereocenters. The fraction of sp³-hybridized carbons (Fsp3) is 0.160. The first kappa shape index (κ1) is 23.6. The summed E-state index contributed by atoms with van der Waals surface area (Å²) in [4.78, 5) is 41.4. The van der Waals surface area contributed by atoms with Crippen molar-refractivity contribution in [2.45, 2.75) is 26.6 Å². The second-order valence-corrected chi connectivity index (χ2v) is 9.26. The lowest BCUT2D eigenvalue weighted by molar-refractivity contribution is -0.137. The molecule has 11 heteroatoms. The molecule has 0 aliphatic carbocycles. The minimum atomic E-state index is -4.72. The number of carboxylic acid groups (broad SMARTS) is 1. The van der Waals surface area contributed by atoms with Gasteiger partial charge in [-0.2, -0.15) is 13.2 Å². The lowest BCUT2D eigenvalue weighted by atomic mass is 10.1. The highest BCUT2D eigenvalue weighted by atomic mass is 32.1. The van der Waals surface area contributed by atoms with Crippen molar-refractivity contribution in [3.05, 3.63) is 95.9 Å². The number of nitrogens with one attached hydrogen (secondary N) is 1. The molecule has 0 amide bonds. The number of aryl methyl sites for hydroxylation is 2. The van der Waals surface area contributed by atoms with Crippen LogP contribution in [0.3, 0.4) is 0 Å². The van der Waals surface area contributed by atoms with Gasteiger partial charge in [0.05, 0.1) is 27.7 Å². The van der Waals surface area contributed by atoms with E-state index in [1.165, 1.54) is 16.0 Å². The molecule has 7 nitrogen and oxygen atoms in total. The molecule has 0 spiro atoms. The molecule has 0 saturated heterocycles. The monoisotopic (exact) mass is 513 g/mol. The number of aromatic nitrogens is 3. The van der Waals surface area contributed by atoms with Gasteiger partial charge in [-0.1, -0.05) is 23.8 Å². The van der Waals surface area contributed by atoms with E-state index < -0.39 is 40.3 Å². The Bertz CT molecular complexity index is 1810. The minimum absolute atomic E-state index is 0.00294. The van der Waals surface area contributed by atoms with Crippen molar-refractivity contribution in [3.63, 3.8) is 0 Å². The number of rotatable bonds is 4. The van der Waals surface area contributed by atoms with Crippen LogP contribution < -0.4 is 11.2 Å². The number of fused-ring (bicyclic) bond motifs is 2. The molecule has 0 aliphatic rings. The average Bonchev–Trinajstić information content (AvgIpc) is 3.38. The smallest absolute Gasteiger partial charge is 0.416 e. The van der Waals surface area contributed by atoms with Gasteiger partial charge in [-0.3, -0.25) is 4.79 Å². The number of aromatic carboxylic acids is 1. The van der Waals surface area contributed by atoms with E-state index in [9.17, 15) is 32.7 Å². The normalized spacial score (nSPS) is 12.0. The molecule has 184 valence electrons. The van der Waals surface area contributed by atoms with E-state index in [0.29, 0.717) is 4.57 Å². The molecule has 5 aromatic rings. The van der Waals surface area contributed by atoms with Gasteiger partial charge < -0.3 is 14.7 Å². The number of carboxylic acids is 1. The zero-order valence-electron chi connectivity index (χ0n) is 18.9. The standard InChI is InChI=1S/C25H18F3N3O4S/c1-12-3-4-14(13(2)7-12)9-30-19-6-5-15(25(26,27)28)8-16(19)20(21(30)23(33)34)31-22(32)17-10-36-11-18(17)29-24(31)35/h3-8,10-11H,9H2,1-2H3,(H,29,35)(H,33,34). The number of hydrogen-bond acceptors (Lipinski definition) is 4. The number of carbonyl (C=O) groups is 1. The molecule has 3 heterocycles. The van der Waals surface area contributed by atoms with Crippen LogP contribution in [0.2, 0.25) is 0 Å². The molecule has 0 bridgehead atoms. The van der Waals surface area contributed by atoms with Crippen LogP contribution in [0.5, 0.6) is 0 Å². The Morgan fingerprint density at radius 3 is 2.47 bits per heavy atom. The van der Waals surface area contributed by atoms with Gasteiger partial charge in [-0.25, -0.2) is 14.2 Å². The third-order valence-corrected chi connectivity index (χ3v) is 6.90. The molecule has 2 aromatic carbocycles. The predicted molar refractivity (Wildman–Crippen MR) is 131 cm³/mol. The van der Waals surface area contributed by atoms with Crippen LogP contribution in [0.1, 0.15) is 32.7 Å². The zero-order valence-corrected chi connectivity index (χ0v) is 19.8. The van der Waals surface area contributed by atoms with Gasteiger partial charge in [0.25, 0.3) is 5.56 Å². The maximum Gasteiger partial charge on any atom is 0.416 e. The maximum atomic E-state index is 13.6. The van der Waals surface area contributed by atoms with E-state index in [0.717, 1.165) is 40.2 Å². The third kappa shape index (κ3) is 3.72. The van der Waals surface area contributed by atoms with Crippen LogP contribution in [0.15, 0.2) is 56.7 Å². The molecule has 0 fully saturated rings. The topological polar surface area (TPSA) is 97.1 Å². The summed E-state index contributed by atoms with van der Waals surface area (Å²) in [6, 6.07) is 8.35. The second-order valence-electron chi connectivity index (χ2n) is 8.52. The van der Waals surface area contributed by atoms with Crippen LogP contribution in [0.25, 0.3) is 27.5 Å². The quantitative estimate of drug-likeness (QED) is 0.350. The molecule has 0 radical (unpaired) electrons. The molecule has 2 N–H and O–H groups in total. The van der Waals surface area contributed by atoms with E-state index in [-0.39, 0.29) is 28.4 Å². The molecular formula is C25H18F3N3O4S. The second kappa shape index (κ2) is 8.23. The number of hydrogen-bond donors (Lipinski definition) is 2. The van der Waals surface area contributed by atoms with Gasteiger partial charge in [0.2, 0.25) is 0 Å². The number of benzene rings is 2. The summed E-state index contributed by atoms with van der Waals surface area (Å²) in [5.41, 5.74) is -0.679. The maximum absolute atomic E-state index is 13.6. The van der Waals surface area contributed by atoms with Gasteiger partial charge in [-0.05, 0) is 43.2 Å². The van der Waals surface area contributed by atoms with Crippen molar-refractivity contribution in [2.75, 3.05) is 0 Å². The number of nitrogens with zero attached hydrogens (tertiary/aromatic N) is 2. The number of thiophene rings is 1. The Balaban J connectivity index is 1.92. The van der Waals surface area contributed by atoms with Crippen LogP contribution in [-0.2, 0) is 12.7 Å². The number of alkyl halides is 3. The van der Waals surface area contributed by atoms with E-state index in [1.807, 2.05) is 32.0 Å². The summed E-state index contributed by atoms with van der Waals surface area (Å²) in [6.07, 6.45) is -4.72. The third-order valence-electron chi connectivity index (χ3n) is 6.16. The summed E-state index contributed by atoms with van der Waals surface area (Å²) in [7, 11) is 0. The predicted octanol–water partition coefficient (Wildman–Crippen LogP) is 5.08. The molecule has 0 atom stereocenters. The Labute approximate surface area is 204 Å². The van der Waals surface area contributed by atoms with E-state index in [4.69, 9.17) is 0 Å². The fourth-order valence-electron chi connectivity index (χ4n) is 4.46. The van der Waals surface area contributed by atoms with Crippen LogP contribution >= 0.6 is 11.3 Å². The summed E-state index contributed by atoms with van der Waals surface area (Å²) >= 11 is 1.16. The number of H-pyrrole nitrogens is 1. The Morgan fingerprint density at radius 2 is 1.81 bits per heavy atom. The first-order valence-electron chi connectivity index (χ1n) is 10.7. The minimum Gasteiger partial charge on any atom is -0.477 e. The van der Waals surface area contributed by atoms with Gasteiger partial charge in [0, 0.05) is 22.7 Å². The van der Waals surface area contributed by atoms with Crippen molar-refractivity contribution in [1.29, 1.82) is 0 Å². The molecular weight excluding hydrogens is 495 g/mol. The molecule has 3 aromatic heterocycles. The Morgan fingerprint density at radius 1 is 1.06 bits per heavy atom. The SMILES string of the molecule is Cc1ccc(Cn2c(C(=O)O)c(-n3c(=O)[nH]c4cscc4c3=O)c3cc(C(F)(F)F)ccc32)c(C)c1. The molecule has 36 heavy (non-hydrogen) atoms. The number of aromatic amines is 1. The van der Waals surface area contributed by atoms with Crippen molar-refractivity contribution < 1.29 is 23.1 Å². The summed E-state index contributed by atoms with van der Waals surface area (Å²) in [5, 5.41) is 13.2. The van der Waals surface area contributed by atoms with E-state index in [2.05, 4.69) is 4.98 Å². The number of halogens is 3. The van der Waals surface area contributed by atoms with Crippen LogP contribution in [0.4, 0.5) is 13.2 Å². The molecule has 0 saturated carbocycles. The van der Waals surface area contributed by atoms with Gasteiger partial charge in [0.1, 0.15) is 0 Å². The Kier molecular flexibility index (Phi) is 5.40. The van der Waals surface area contributed by atoms with Crippen molar-refractivity contribution in [1.82, 2.24) is 14.1 Å². The zero-order chi connectivity index (χ0) is 25.9. The van der Waals surface area contributed by atoms with E-state index >= 15 is 0 Å². The first-order chi connectivity index (χ1) is 17.0. The van der Waals surface area contributed by atoms with Crippen LogP contribution in [-0.4, -0.2) is 25.2 Å². The van der Waals surface area contributed by atoms with Crippen LogP contribution in [0, 0.1) is 13.8 Å². The highest BCUT2D eigenvalue weighted by molar-refractivity contribution is 7.09. The fourth-order valence-corrected chi connectivity index (χ4v) is 5.21. The van der Waals surface area contributed by atoms with Crippen molar-refractivity contribution in [3.8, 4) is 5.69 Å². The van der Waals surface area contributed by atoms with Gasteiger partial charge in [-0.15, -0.1) is 11.3 Å². The summed E-state index contributed by atoms with van der Waals surface area (Å²) < 4.78 is 42.8. The Hall–Kier alpha value is -4.12. The largest absolute Gasteiger partial charge is 0.477 e. The average molecular weight is 513 g/mol. The molecule has 0 aliphatic heterocycles. The lowest BCUT2D eigenvalue weighted by Crippen LogP contribution is -2.34. The van der Waals surface area contributed by atoms with Gasteiger partial charge in [0.15, 0.2) is 5.69 Å². The van der Waals surface area contributed by atoms with Crippen molar-refractivity contribution in [2.24, 2.45) is 0 Å². The lowest BCUT2D eigenvalue weighted by Gasteiger charge is -2.12. The molecule has 5 rings (SSSR count).